The van der Waals surface area contributed by atoms with Gasteiger partial charge in [-0.1, -0.05) is 12.2 Å². The van der Waals surface area contributed by atoms with Crippen LogP contribution in [-0.2, 0) is 9.59 Å². The first kappa shape index (κ1) is 14.3. The van der Waals surface area contributed by atoms with Gasteiger partial charge in [0, 0.05) is 6.54 Å². The van der Waals surface area contributed by atoms with Crippen LogP contribution < -0.4 is 5.32 Å². The Hall–Kier alpha value is -1.14. The Morgan fingerprint density at radius 1 is 1.42 bits per heavy atom. The normalized spacial score (nSPS) is 23.7. The fourth-order valence-electron chi connectivity index (χ4n) is 2.13. The summed E-state index contributed by atoms with van der Waals surface area (Å²) in [6, 6.07) is 0. The first-order valence-electron chi connectivity index (χ1n) is 6.21. The predicted molar refractivity (Wildman–Crippen MR) is 80.8 cm³/mol. The molecule has 19 heavy (non-hydrogen) atoms. The van der Waals surface area contributed by atoms with E-state index in [0.717, 1.165) is 24.3 Å². The van der Waals surface area contributed by atoms with Gasteiger partial charge in [0.1, 0.15) is 5.57 Å². The van der Waals surface area contributed by atoms with E-state index in [2.05, 4.69) is 11.9 Å². The van der Waals surface area contributed by atoms with Crippen LogP contribution in [-0.4, -0.2) is 39.9 Å². The largest absolute Gasteiger partial charge is 0.298 e. The lowest BCUT2D eigenvalue weighted by molar-refractivity contribution is -0.128. The maximum Gasteiger partial charge on any atom is 0.265 e. The van der Waals surface area contributed by atoms with E-state index in [1.54, 1.807) is 6.08 Å². The second-order valence-corrected chi connectivity index (χ2v) is 6.11. The molecule has 6 heteroatoms. The van der Waals surface area contributed by atoms with Crippen LogP contribution in [0.4, 0.5) is 0 Å². The number of hydrogen-bond donors (Lipinski definition) is 1. The van der Waals surface area contributed by atoms with Crippen molar-refractivity contribution in [1.82, 2.24) is 10.2 Å². The molecule has 2 saturated heterocycles. The summed E-state index contributed by atoms with van der Waals surface area (Å²) in [4.78, 5) is 25.5. The minimum absolute atomic E-state index is 0.159. The number of carbonyl (C=O) groups excluding carboxylic acids is 2. The molecule has 0 saturated carbocycles. The summed E-state index contributed by atoms with van der Waals surface area (Å²) in [5.41, 5.74) is 0.215. The first-order chi connectivity index (χ1) is 9.13. The molecular weight excluding hydrogens is 280 g/mol. The van der Waals surface area contributed by atoms with Crippen LogP contribution in [0.1, 0.15) is 12.8 Å². The van der Waals surface area contributed by atoms with E-state index in [9.17, 15) is 9.59 Å². The van der Waals surface area contributed by atoms with Crippen molar-refractivity contribution in [2.75, 3.05) is 18.1 Å². The fourth-order valence-corrected chi connectivity index (χ4v) is 3.52. The second kappa shape index (κ2) is 6.34. The molecule has 4 nitrogen and oxygen atoms in total. The molecular formula is C13H16N2O2S2. The molecule has 0 aromatic carbocycles. The van der Waals surface area contributed by atoms with Gasteiger partial charge in [-0.3, -0.25) is 19.8 Å². The molecule has 0 aliphatic carbocycles. The van der Waals surface area contributed by atoms with Crippen LogP contribution in [0.5, 0.6) is 0 Å². The van der Waals surface area contributed by atoms with E-state index in [1.165, 1.54) is 4.90 Å². The minimum atomic E-state index is -0.381. The summed E-state index contributed by atoms with van der Waals surface area (Å²) >= 11 is 6.91. The van der Waals surface area contributed by atoms with Crippen LogP contribution in [0.3, 0.4) is 0 Å². The van der Waals surface area contributed by atoms with Crippen molar-refractivity contribution in [2.24, 2.45) is 5.92 Å². The Bertz CT molecular complexity index is 454. The van der Waals surface area contributed by atoms with Gasteiger partial charge in [-0.05, 0) is 42.5 Å². The SMILES string of the molecule is C=CCN1C(=O)/C(=C/C2CCSCC2)C(=O)NC1=S. The van der Waals surface area contributed by atoms with E-state index in [-0.39, 0.29) is 22.5 Å². The smallest absolute Gasteiger partial charge is 0.265 e. The van der Waals surface area contributed by atoms with Gasteiger partial charge in [-0.15, -0.1) is 6.58 Å². The van der Waals surface area contributed by atoms with Crippen molar-refractivity contribution in [3.8, 4) is 0 Å². The number of allylic oxidation sites excluding steroid dienone is 1. The lowest BCUT2D eigenvalue weighted by Gasteiger charge is -2.29. The third-order valence-corrected chi connectivity index (χ3v) is 4.54. The number of rotatable bonds is 3. The highest BCUT2D eigenvalue weighted by atomic mass is 32.2. The number of thiocarbonyl (C=S) groups is 1. The Morgan fingerprint density at radius 2 is 2.11 bits per heavy atom. The number of carbonyl (C=O) groups is 2. The van der Waals surface area contributed by atoms with E-state index >= 15 is 0 Å². The molecule has 2 rings (SSSR count). The first-order valence-corrected chi connectivity index (χ1v) is 7.77. The number of hydrogen-bond acceptors (Lipinski definition) is 4. The summed E-state index contributed by atoms with van der Waals surface area (Å²) in [7, 11) is 0. The maximum absolute atomic E-state index is 12.3. The van der Waals surface area contributed by atoms with Crippen molar-refractivity contribution in [3.05, 3.63) is 24.3 Å². The van der Waals surface area contributed by atoms with Crippen molar-refractivity contribution in [1.29, 1.82) is 0 Å². The molecule has 102 valence electrons. The average molecular weight is 296 g/mol. The van der Waals surface area contributed by atoms with Crippen molar-refractivity contribution in [3.63, 3.8) is 0 Å². The predicted octanol–water partition coefficient (Wildman–Crippen LogP) is 1.49. The molecule has 2 aliphatic rings. The van der Waals surface area contributed by atoms with Crippen molar-refractivity contribution >= 4 is 40.9 Å². The van der Waals surface area contributed by atoms with Crippen molar-refractivity contribution in [2.45, 2.75) is 12.8 Å². The standard InChI is InChI=1S/C13H16N2O2S2/c1-2-5-15-12(17)10(11(16)14-13(15)18)8-9-3-6-19-7-4-9/h2,8-9H,1,3-7H2,(H,14,16,18)/b10-8+. The molecule has 2 aliphatic heterocycles. The Morgan fingerprint density at radius 3 is 2.74 bits per heavy atom. The summed E-state index contributed by atoms with van der Waals surface area (Å²) in [6.45, 7) is 3.91. The van der Waals surface area contributed by atoms with Gasteiger partial charge in [-0.2, -0.15) is 11.8 Å². The van der Waals surface area contributed by atoms with Crippen LogP contribution in [0.2, 0.25) is 0 Å². The van der Waals surface area contributed by atoms with Gasteiger partial charge < -0.3 is 0 Å². The zero-order chi connectivity index (χ0) is 13.8. The van der Waals surface area contributed by atoms with Gasteiger partial charge in [0.2, 0.25) is 0 Å². The highest BCUT2D eigenvalue weighted by Crippen LogP contribution is 2.25. The number of thioether (sulfide) groups is 1. The van der Waals surface area contributed by atoms with Gasteiger partial charge in [0.05, 0.1) is 0 Å². The van der Waals surface area contributed by atoms with Crippen LogP contribution in [0.15, 0.2) is 24.3 Å². The van der Waals surface area contributed by atoms with E-state index < -0.39 is 0 Å². The van der Waals surface area contributed by atoms with E-state index in [0.29, 0.717) is 12.5 Å². The number of nitrogens with zero attached hydrogens (tertiary/aromatic N) is 1. The molecule has 2 fully saturated rings. The van der Waals surface area contributed by atoms with Crippen LogP contribution in [0.25, 0.3) is 0 Å². The zero-order valence-electron chi connectivity index (χ0n) is 10.6. The lowest BCUT2D eigenvalue weighted by atomic mass is 9.98. The number of amides is 2. The lowest BCUT2D eigenvalue weighted by Crippen LogP contribution is -2.54. The van der Waals surface area contributed by atoms with E-state index in [4.69, 9.17) is 12.2 Å². The fraction of sp³-hybridized carbons (Fsp3) is 0.462. The Balaban J connectivity index is 2.19. The van der Waals surface area contributed by atoms with Crippen LogP contribution in [0, 0.1) is 5.92 Å². The molecule has 0 spiro atoms. The van der Waals surface area contributed by atoms with Gasteiger partial charge in [0.25, 0.3) is 11.8 Å². The molecule has 0 bridgehead atoms. The monoisotopic (exact) mass is 296 g/mol. The summed E-state index contributed by atoms with van der Waals surface area (Å²) in [6.07, 6.45) is 5.44. The van der Waals surface area contributed by atoms with Gasteiger partial charge >= 0.3 is 0 Å². The molecule has 0 aromatic rings. The van der Waals surface area contributed by atoms with Gasteiger partial charge in [-0.25, -0.2) is 0 Å². The summed E-state index contributed by atoms with van der Waals surface area (Å²) in [5, 5.41) is 2.72. The molecule has 0 atom stereocenters. The number of nitrogens with one attached hydrogen (secondary N) is 1. The third-order valence-electron chi connectivity index (χ3n) is 3.17. The summed E-state index contributed by atoms with van der Waals surface area (Å²) in [5.74, 6) is 1.78. The third kappa shape index (κ3) is 3.25. The molecule has 0 unspecified atom stereocenters. The highest BCUT2D eigenvalue weighted by molar-refractivity contribution is 7.99. The van der Waals surface area contributed by atoms with E-state index in [1.807, 2.05) is 17.8 Å². The minimum Gasteiger partial charge on any atom is -0.298 e. The molecule has 2 heterocycles. The molecule has 0 aromatic heterocycles. The Kier molecular flexibility index (Phi) is 4.76. The van der Waals surface area contributed by atoms with Crippen LogP contribution >= 0.6 is 24.0 Å². The maximum atomic E-state index is 12.3. The Labute approximate surface area is 122 Å². The molecule has 0 radical (unpaired) electrons. The molecule has 2 amide bonds. The second-order valence-electron chi connectivity index (χ2n) is 4.49. The highest BCUT2D eigenvalue weighted by Gasteiger charge is 2.33. The van der Waals surface area contributed by atoms with Crippen molar-refractivity contribution < 1.29 is 9.59 Å². The molecule has 1 N–H and O–H groups in total. The zero-order valence-corrected chi connectivity index (χ0v) is 12.2. The van der Waals surface area contributed by atoms with Gasteiger partial charge in [0.15, 0.2) is 5.11 Å². The average Bonchev–Trinajstić information content (AvgIpc) is 2.41. The topological polar surface area (TPSA) is 49.4 Å². The summed E-state index contributed by atoms with van der Waals surface area (Å²) < 4.78 is 0. The quantitative estimate of drug-likeness (QED) is 0.371.